The zero-order valence-electron chi connectivity index (χ0n) is 34.2. The number of anilines is 2. The SMILES string of the molecule is CCC(=O)N(CC)Cc1nc2c(N)nc3cc(-c4ccn[nH]4)ccc3c2n1CC.CCN(Cc1nc2c([nH]1)c(N)nc1cc(-c3ccn[nH]3)ccc12)C(=O)c1cccn1C. The predicted molar refractivity (Wildman–Crippen MR) is 233 cm³/mol. The molecule has 9 rings (SSSR count). The summed E-state index contributed by atoms with van der Waals surface area (Å²) in [7, 11) is 1.86. The second-order valence-corrected chi connectivity index (χ2v) is 14.4. The van der Waals surface area contributed by atoms with Gasteiger partial charge < -0.3 is 35.4 Å². The van der Waals surface area contributed by atoms with Gasteiger partial charge in [-0.2, -0.15) is 10.2 Å². The minimum absolute atomic E-state index is 0.0457. The number of aromatic amines is 3. The lowest BCUT2D eigenvalue weighted by Crippen LogP contribution is -2.32. The van der Waals surface area contributed by atoms with Gasteiger partial charge in [0.25, 0.3) is 5.91 Å². The van der Waals surface area contributed by atoms with E-state index in [0.717, 1.165) is 67.7 Å². The summed E-state index contributed by atoms with van der Waals surface area (Å²) in [5, 5.41) is 15.8. The number of nitrogen functional groups attached to an aromatic ring is 2. The molecule has 0 atom stereocenters. The fraction of sp³-hybridized carbons (Fsp3) is 0.256. The molecule has 7 heterocycles. The number of aromatic nitrogens is 11. The average molecular weight is 806 g/mol. The number of carbonyl (C=O) groups excluding carboxylic acids is 2. The first-order valence-electron chi connectivity index (χ1n) is 20.0. The molecule has 0 aliphatic heterocycles. The molecule has 9 aromatic rings. The standard InChI is InChI=1S/C22H22N8O.C21H25N7O/c1-3-30(22(31)17-5-4-10-29(17)2)12-18-26-19-14-7-6-13(15-8-9-24-28-15)11-16(14)25-21(23)20(19)27-18;1-4-18(29)27(5-2)12-17-25-19-20(28(17)6-3)14-8-7-13(15-9-10-23-26-15)11-16(14)24-21(19)22/h4-11H,3,12H2,1-2H3,(H2,23,25)(H,24,28)(H,26,27);7-11H,4-6,12H2,1-3H3,(H2,22,24)(H,23,26). The van der Waals surface area contributed by atoms with Crippen LogP contribution in [0.4, 0.5) is 11.6 Å². The van der Waals surface area contributed by atoms with Crippen LogP contribution in [0.3, 0.4) is 0 Å². The number of nitrogens with one attached hydrogen (secondary N) is 3. The number of nitrogens with zero attached hydrogens (tertiary/aromatic N) is 10. The van der Waals surface area contributed by atoms with Crippen molar-refractivity contribution >= 4 is 67.3 Å². The Morgan fingerprint density at radius 1 is 0.733 bits per heavy atom. The van der Waals surface area contributed by atoms with E-state index in [0.29, 0.717) is 66.8 Å². The van der Waals surface area contributed by atoms with E-state index in [2.05, 4.69) is 46.8 Å². The molecule has 0 bridgehead atoms. The first kappa shape index (κ1) is 39.3. The lowest BCUT2D eigenvalue weighted by atomic mass is 10.1. The number of hydrogen-bond acceptors (Lipinski definition) is 10. The Morgan fingerprint density at radius 3 is 1.97 bits per heavy atom. The summed E-state index contributed by atoms with van der Waals surface area (Å²) in [6, 6.07) is 19.5. The molecule has 0 aliphatic carbocycles. The van der Waals surface area contributed by atoms with Crippen molar-refractivity contribution in [2.24, 2.45) is 7.05 Å². The van der Waals surface area contributed by atoms with Crippen LogP contribution in [0, 0.1) is 0 Å². The molecular formula is C43H47N15O2. The Morgan fingerprint density at radius 2 is 1.38 bits per heavy atom. The Bertz CT molecular complexity index is 2980. The summed E-state index contributed by atoms with van der Waals surface area (Å²) < 4.78 is 3.95. The molecule has 0 unspecified atom stereocenters. The first-order valence-corrected chi connectivity index (χ1v) is 20.0. The van der Waals surface area contributed by atoms with Gasteiger partial charge in [-0.3, -0.25) is 19.8 Å². The summed E-state index contributed by atoms with van der Waals surface area (Å²) in [6.45, 7) is 10.6. The van der Waals surface area contributed by atoms with E-state index in [4.69, 9.17) is 21.4 Å². The Hall–Kier alpha value is -7.56. The third kappa shape index (κ3) is 7.25. The molecular weight excluding hydrogens is 759 g/mol. The van der Waals surface area contributed by atoms with Gasteiger partial charge in [0.1, 0.15) is 39.7 Å². The van der Waals surface area contributed by atoms with Crippen LogP contribution >= 0.6 is 0 Å². The van der Waals surface area contributed by atoms with Gasteiger partial charge in [0, 0.05) is 73.6 Å². The van der Waals surface area contributed by atoms with Gasteiger partial charge in [0.15, 0.2) is 5.82 Å². The van der Waals surface area contributed by atoms with Crippen molar-refractivity contribution in [3.8, 4) is 22.5 Å². The summed E-state index contributed by atoms with van der Waals surface area (Å²) in [5.41, 5.74) is 21.6. The van der Waals surface area contributed by atoms with Crippen LogP contribution in [0.15, 0.2) is 79.3 Å². The highest BCUT2D eigenvalue weighted by molar-refractivity contribution is 6.08. The number of nitrogens with two attached hydrogens (primary N) is 2. The minimum Gasteiger partial charge on any atom is -0.382 e. The molecule has 2 amide bonds. The topological polar surface area (TPSA) is 227 Å². The summed E-state index contributed by atoms with van der Waals surface area (Å²) in [6.07, 6.45) is 5.77. The van der Waals surface area contributed by atoms with E-state index < -0.39 is 0 Å². The van der Waals surface area contributed by atoms with Gasteiger partial charge in [0.2, 0.25) is 5.91 Å². The average Bonchev–Trinajstić information content (AvgIpc) is 4.12. The molecule has 0 radical (unpaired) electrons. The zero-order chi connectivity index (χ0) is 42.1. The molecule has 7 aromatic heterocycles. The molecule has 2 aromatic carbocycles. The molecule has 0 saturated heterocycles. The number of amides is 2. The molecule has 60 heavy (non-hydrogen) atoms. The van der Waals surface area contributed by atoms with Crippen molar-refractivity contribution in [1.29, 1.82) is 0 Å². The molecule has 306 valence electrons. The summed E-state index contributed by atoms with van der Waals surface area (Å²) in [5.74, 6) is 2.33. The maximum Gasteiger partial charge on any atom is 0.270 e. The molecule has 7 N–H and O–H groups in total. The van der Waals surface area contributed by atoms with Gasteiger partial charge in [-0.05, 0) is 69.3 Å². The maximum absolute atomic E-state index is 12.9. The first-order chi connectivity index (χ1) is 29.1. The van der Waals surface area contributed by atoms with Crippen molar-refractivity contribution in [3.63, 3.8) is 0 Å². The van der Waals surface area contributed by atoms with Crippen LogP contribution in [-0.2, 0) is 31.5 Å². The fourth-order valence-electron chi connectivity index (χ4n) is 7.60. The van der Waals surface area contributed by atoms with E-state index in [9.17, 15) is 9.59 Å². The molecule has 0 fully saturated rings. The van der Waals surface area contributed by atoms with Gasteiger partial charge in [-0.25, -0.2) is 19.9 Å². The van der Waals surface area contributed by atoms with E-state index in [1.807, 2.05) is 104 Å². The van der Waals surface area contributed by atoms with Gasteiger partial charge in [-0.15, -0.1) is 0 Å². The van der Waals surface area contributed by atoms with Crippen LogP contribution in [0.5, 0.6) is 0 Å². The molecule has 17 nitrogen and oxygen atoms in total. The summed E-state index contributed by atoms with van der Waals surface area (Å²) in [4.78, 5) is 50.7. The van der Waals surface area contributed by atoms with E-state index in [1.54, 1.807) is 17.3 Å². The van der Waals surface area contributed by atoms with E-state index >= 15 is 0 Å². The van der Waals surface area contributed by atoms with Crippen LogP contribution in [0.1, 0.15) is 56.3 Å². The third-order valence-corrected chi connectivity index (χ3v) is 10.8. The van der Waals surface area contributed by atoms with E-state index in [-0.39, 0.29) is 11.8 Å². The number of aryl methyl sites for hydroxylation is 2. The third-order valence-electron chi connectivity index (χ3n) is 10.8. The quantitative estimate of drug-likeness (QED) is 0.0964. The predicted octanol–water partition coefficient (Wildman–Crippen LogP) is 6.42. The highest BCUT2D eigenvalue weighted by Gasteiger charge is 2.22. The normalized spacial score (nSPS) is 11.4. The minimum atomic E-state index is -0.0457. The van der Waals surface area contributed by atoms with Gasteiger partial charge >= 0.3 is 0 Å². The van der Waals surface area contributed by atoms with E-state index in [1.165, 1.54) is 0 Å². The number of imidazole rings is 2. The number of benzene rings is 2. The molecule has 17 heteroatoms. The van der Waals surface area contributed by atoms with Crippen molar-refractivity contribution < 1.29 is 9.59 Å². The van der Waals surface area contributed by atoms with Crippen molar-refractivity contribution in [3.05, 3.63) is 96.6 Å². The van der Waals surface area contributed by atoms with Crippen molar-refractivity contribution in [1.82, 2.24) is 64.2 Å². The van der Waals surface area contributed by atoms with Crippen LogP contribution < -0.4 is 11.5 Å². The lowest BCUT2D eigenvalue weighted by Gasteiger charge is -2.20. The van der Waals surface area contributed by atoms with Crippen molar-refractivity contribution in [2.45, 2.75) is 53.8 Å². The Balaban J connectivity index is 0.000000167. The molecule has 0 aliphatic rings. The van der Waals surface area contributed by atoms with Gasteiger partial charge in [0.05, 0.1) is 41.0 Å². The Kier molecular flexibility index (Phi) is 10.7. The number of fused-ring (bicyclic) bond motifs is 6. The van der Waals surface area contributed by atoms with Crippen LogP contribution in [0.2, 0.25) is 0 Å². The summed E-state index contributed by atoms with van der Waals surface area (Å²) >= 11 is 0. The molecule has 0 spiro atoms. The number of H-pyrrole nitrogens is 3. The van der Waals surface area contributed by atoms with Crippen molar-refractivity contribution in [2.75, 3.05) is 24.6 Å². The highest BCUT2D eigenvalue weighted by Crippen LogP contribution is 2.32. The lowest BCUT2D eigenvalue weighted by molar-refractivity contribution is -0.131. The molecule has 0 saturated carbocycles. The van der Waals surface area contributed by atoms with Gasteiger partial charge in [-0.1, -0.05) is 19.1 Å². The largest absolute Gasteiger partial charge is 0.382 e. The highest BCUT2D eigenvalue weighted by atomic mass is 16.2. The number of pyridine rings is 2. The van der Waals surface area contributed by atoms with Crippen LogP contribution in [-0.4, -0.2) is 89.2 Å². The smallest absolute Gasteiger partial charge is 0.270 e. The second kappa shape index (κ2) is 16.4. The number of rotatable bonds is 11. The number of carbonyl (C=O) groups is 2. The second-order valence-electron chi connectivity index (χ2n) is 14.4. The Labute approximate surface area is 344 Å². The fourth-order valence-corrected chi connectivity index (χ4v) is 7.60. The number of hydrogen-bond donors (Lipinski definition) is 5. The monoisotopic (exact) mass is 805 g/mol. The van der Waals surface area contributed by atoms with Crippen LogP contribution in [0.25, 0.3) is 66.4 Å². The zero-order valence-corrected chi connectivity index (χ0v) is 34.2. The maximum atomic E-state index is 12.9.